The molecule has 1 aromatic rings. The molecule has 1 atom stereocenters. The lowest BCUT2D eigenvalue weighted by Gasteiger charge is -2.29. The molecule has 1 heterocycles. The van der Waals surface area contributed by atoms with Gasteiger partial charge in [0, 0.05) is 24.6 Å². The number of nitrogens with zero attached hydrogens (tertiary/aromatic N) is 1. The summed E-state index contributed by atoms with van der Waals surface area (Å²) in [5.74, 6) is 1.73. The Balaban J connectivity index is 2.15. The average molecular weight is 260 g/mol. The summed E-state index contributed by atoms with van der Waals surface area (Å²) in [6.07, 6.45) is 0.904. The van der Waals surface area contributed by atoms with Crippen LogP contribution in [0.15, 0.2) is 18.2 Å². The van der Waals surface area contributed by atoms with Crippen LogP contribution in [0.25, 0.3) is 0 Å². The monoisotopic (exact) mass is 260 g/mol. The Morgan fingerprint density at radius 3 is 3.00 bits per heavy atom. The summed E-state index contributed by atoms with van der Waals surface area (Å²) >= 11 is 0. The van der Waals surface area contributed by atoms with Gasteiger partial charge in [-0.05, 0) is 32.0 Å². The van der Waals surface area contributed by atoms with Gasteiger partial charge in [-0.1, -0.05) is 0 Å². The molecule has 2 rings (SSSR count). The number of nitriles is 1. The molecule has 102 valence electrons. The van der Waals surface area contributed by atoms with Crippen molar-refractivity contribution in [1.29, 1.82) is 5.26 Å². The van der Waals surface area contributed by atoms with Gasteiger partial charge in [0.05, 0.1) is 25.2 Å². The van der Waals surface area contributed by atoms with Gasteiger partial charge in [0.2, 0.25) is 0 Å². The number of methoxy groups -OCH3 is 1. The lowest BCUT2D eigenvalue weighted by atomic mass is 9.93. The summed E-state index contributed by atoms with van der Waals surface area (Å²) in [7, 11) is 1.66. The van der Waals surface area contributed by atoms with Gasteiger partial charge in [-0.15, -0.1) is 0 Å². The lowest BCUT2D eigenvalue weighted by Crippen LogP contribution is -2.34. The molecule has 0 saturated heterocycles. The zero-order valence-electron chi connectivity index (χ0n) is 11.7. The Morgan fingerprint density at radius 1 is 1.53 bits per heavy atom. The molecule has 1 aliphatic rings. The molecular weight excluding hydrogens is 240 g/mol. The first-order chi connectivity index (χ1) is 9.05. The second-order valence-corrected chi connectivity index (χ2v) is 5.47. The highest BCUT2D eigenvalue weighted by Crippen LogP contribution is 2.35. The SMILES string of the molecule is COc1ccc2c(c1)C(NCC(C)(C)C#N)CCO2. The smallest absolute Gasteiger partial charge is 0.124 e. The van der Waals surface area contributed by atoms with Gasteiger partial charge in [0.1, 0.15) is 11.5 Å². The number of benzene rings is 1. The molecule has 0 aromatic heterocycles. The minimum atomic E-state index is -0.364. The number of rotatable bonds is 4. The van der Waals surface area contributed by atoms with Gasteiger partial charge in [-0.3, -0.25) is 0 Å². The maximum Gasteiger partial charge on any atom is 0.124 e. The van der Waals surface area contributed by atoms with Crippen LogP contribution in [0.5, 0.6) is 11.5 Å². The number of nitrogens with one attached hydrogen (secondary N) is 1. The fraction of sp³-hybridized carbons (Fsp3) is 0.533. The van der Waals surface area contributed by atoms with Crippen molar-refractivity contribution in [3.8, 4) is 17.6 Å². The maximum absolute atomic E-state index is 9.07. The van der Waals surface area contributed by atoms with Gasteiger partial charge < -0.3 is 14.8 Å². The van der Waals surface area contributed by atoms with Gasteiger partial charge in [0.15, 0.2) is 0 Å². The Morgan fingerprint density at radius 2 is 2.32 bits per heavy atom. The molecular formula is C15H20N2O2. The quantitative estimate of drug-likeness (QED) is 0.904. The summed E-state index contributed by atoms with van der Waals surface area (Å²) in [4.78, 5) is 0. The van der Waals surface area contributed by atoms with E-state index in [9.17, 15) is 0 Å². The minimum absolute atomic E-state index is 0.214. The second kappa shape index (κ2) is 5.50. The molecule has 0 fully saturated rings. The predicted octanol–water partition coefficient (Wildman–Crippen LogP) is 2.66. The number of hydrogen-bond donors (Lipinski definition) is 1. The van der Waals surface area contributed by atoms with E-state index < -0.39 is 0 Å². The van der Waals surface area contributed by atoms with Crippen LogP contribution in [0.3, 0.4) is 0 Å². The van der Waals surface area contributed by atoms with E-state index in [4.69, 9.17) is 14.7 Å². The molecule has 4 heteroatoms. The second-order valence-electron chi connectivity index (χ2n) is 5.47. The molecule has 0 amide bonds. The van der Waals surface area contributed by atoms with Crippen molar-refractivity contribution in [3.63, 3.8) is 0 Å². The molecule has 0 bridgehead atoms. The van der Waals surface area contributed by atoms with Crippen molar-refractivity contribution in [1.82, 2.24) is 5.32 Å². The van der Waals surface area contributed by atoms with Gasteiger partial charge in [-0.2, -0.15) is 5.26 Å². The van der Waals surface area contributed by atoms with Crippen molar-refractivity contribution >= 4 is 0 Å². The fourth-order valence-electron chi connectivity index (χ4n) is 2.13. The number of hydrogen-bond acceptors (Lipinski definition) is 4. The van der Waals surface area contributed by atoms with E-state index >= 15 is 0 Å². The highest BCUT2D eigenvalue weighted by molar-refractivity contribution is 5.43. The van der Waals surface area contributed by atoms with Gasteiger partial charge >= 0.3 is 0 Å². The molecule has 19 heavy (non-hydrogen) atoms. The highest BCUT2D eigenvalue weighted by Gasteiger charge is 2.25. The van der Waals surface area contributed by atoms with E-state index in [-0.39, 0.29) is 11.5 Å². The Bertz CT molecular complexity index is 491. The Hall–Kier alpha value is -1.73. The van der Waals surface area contributed by atoms with Crippen molar-refractivity contribution < 1.29 is 9.47 Å². The van der Waals surface area contributed by atoms with Crippen LogP contribution in [0, 0.1) is 16.7 Å². The number of fused-ring (bicyclic) bond motifs is 1. The van der Waals surface area contributed by atoms with Crippen molar-refractivity contribution in [2.45, 2.75) is 26.3 Å². The molecule has 0 radical (unpaired) electrons. The molecule has 1 N–H and O–H groups in total. The summed E-state index contributed by atoms with van der Waals surface area (Å²) in [5, 5.41) is 12.5. The van der Waals surface area contributed by atoms with E-state index in [1.165, 1.54) is 0 Å². The van der Waals surface area contributed by atoms with Crippen molar-refractivity contribution in [2.75, 3.05) is 20.3 Å². The molecule has 0 saturated carbocycles. The van der Waals surface area contributed by atoms with E-state index in [0.717, 1.165) is 23.5 Å². The zero-order valence-corrected chi connectivity index (χ0v) is 11.7. The molecule has 0 spiro atoms. The third-order valence-corrected chi connectivity index (χ3v) is 3.35. The largest absolute Gasteiger partial charge is 0.497 e. The van der Waals surface area contributed by atoms with Gasteiger partial charge in [-0.25, -0.2) is 0 Å². The van der Waals surface area contributed by atoms with E-state index in [2.05, 4.69) is 11.4 Å². The Kier molecular flexibility index (Phi) is 3.96. The van der Waals surface area contributed by atoms with Crippen LogP contribution in [-0.2, 0) is 0 Å². The maximum atomic E-state index is 9.07. The van der Waals surface area contributed by atoms with Gasteiger partial charge in [0.25, 0.3) is 0 Å². The third kappa shape index (κ3) is 3.18. The highest BCUT2D eigenvalue weighted by atomic mass is 16.5. The first-order valence-corrected chi connectivity index (χ1v) is 6.51. The molecule has 1 unspecified atom stereocenters. The fourth-order valence-corrected chi connectivity index (χ4v) is 2.13. The van der Waals surface area contributed by atoms with E-state index in [1.807, 2.05) is 32.0 Å². The molecule has 4 nitrogen and oxygen atoms in total. The average Bonchev–Trinajstić information content (AvgIpc) is 2.44. The lowest BCUT2D eigenvalue weighted by molar-refractivity contribution is 0.244. The Labute approximate surface area is 114 Å². The van der Waals surface area contributed by atoms with Crippen LogP contribution in [0.2, 0.25) is 0 Å². The molecule has 1 aromatic carbocycles. The summed E-state index contributed by atoms with van der Waals surface area (Å²) in [6, 6.07) is 8.37. The summed E-state index contributed by atoms with van der Waals surface area (Å²) in [6.45, 7) is 5.23. The first-order valence-electron chi connectivity index (χ1n) is 6.51. The topological polar surface area (TPSA) is 54.3 Å². The van der Waals surface area contributed by atoms with E-state index in [1.54, 1.807) is 7.11 Å². The summed E-state index contributed by atoms with van der Waals surface area (Å²) in [5.41, 5.74) is 0.747. The van der Waals surface area contributed by atoms with Crippen LogP contribution < -0.4 is 14.8 Å². The van der Waals surface area contributed by atoms with Crippen molar-refractivity contribution in [3.05, 3.63) is 23.8 Å². The van der Waals surface area contributed by atoms with Crippen LogP contribution in [-0.4, -0.2) is 20.3 Å². The first kappa shape index (κ1) is 13.7. The minimum Gasteiger partial charge on any atom is -0.497 e. The van der Waals surface area contributed by atoms with E-state index in [0.29, 0.717) is 13.2 Å². The standard InChI is InChI=1S/C15H20N2O2/c1-15(2,9-16)10-17-13-6-7-19-14-5-4-11(18-3)8-12(13)14/h4-5,8,13,17H,6-7,10H2,1-3H3. The van der Waals surface area contributed by atoms with Crippen LogP contribution in [0.1, 0.15) is 31.9 Å². The van der Waals surface area contributed by atoms with Crippen LogP contribution in [0.4, 0.5) is 0 Å². The molecule has 0 aliphatic carbocycles. The van der Waals surface area contributed by atoms with Crippen molar-refractivity contribution in [2.24, 2.45) is 5.41 Å². The third-order valence-electron chi connectivity index (χ3n) is 3.35. The molecule has 1 aliphatic heterocycles. The summed E-state index contributed by atoms with van der Waals surface area (Å²) < 4.78 is 10.9. The normalized spacial score (nSPS) is 18.1. The zero-order chi connectivity index (χ0) is 13.9. The number of ether oxygens (including phenoxy) is 2. The van der Waals surface area contributed by atoms with Crippen LogP contribution >= 0.6 is 0 Å². The predicted molar refractivity (Wildman–Crippen MR) is 73.2 cm³/mol.